The van der Waals surface area contributed by atoms with E-state index in [1.165, 1.54) is 19.3 Å². The highest BCUT2D eigenvalue weighted by Crippen LogP contribution is 2.36. The van der Waals surface area contributed by atoms with E-state index in [9.17, 15) is 4.79 Å². The fourth-order valence-electron chi connectivity index (χ4n) is 6.80. The molecule has 0 N–H and O–H groups in total. The smallest absolute Gasteiger partial charge is 0.410 e. The van der Waals surface area contributed by atoms with Crippen LogP contribution in [0.4, 0.5) is 9.93 Å². The van der Waals surface area contributed by atoms with E-state index in [0.717, 1.165) is 96.3 Å². The van der Waals surface area contributed by atoms with Gasteiger partial charge in [-0.1, -0.05) is 23.0 Å². The number of aromatic nitrogens is 6. The summed E-state index contributed by atoms with van der Waals surface area (Å²) in [4.78, 5) is 23.5. The molecule has 3 aliphatic rings. The second-order valence-corrected chi connectivity index (χ2v) is 15.2. The van der Waals surface area contributed by atoms with Crippen molar-refractivity contribution >= 4 is 33.5 Å². The van der Waals surface area contributed by atoms with Gasteiger partial charge in [0.2, 0.25) is 0 Å². The SMILES string of the molecule is COc1cc(-c2cn(Cc3cnc(N4CCCC(N(CC5CCC5)C(=O)OC(C)(C)C)C4)s3)nn2)c2cnn(C3CCCCO3)c2c1. The standard InChI is InChI=1S/C34H46N8O4S/c1-34(2,3)46-33(43)41(19-23-9-7-10-23)24-11-8-13-39(20-24)32-35-17-26(47-32)21-40-22-29(37-38-40)27-15-25(44-4)16-30-28(27)18-36-42(30)31-12-5-6-14-45-31/h15-18,22-24,31H,5-14,19-21H2,1-4H3. The molecule has 2 unspecified atom stereocenters. The van der Waals surface area contributed by atoms with Crippen LogP contribution < -0.4 is 9.64 Å². The highest BCUT2D eigenvalue weighted by Gasteiger charge is 2.35. The van der Waals surface area contributed by atoms with E-state index in [1.54, 1.807) is 18.4 Å². The number of hydrogen-bond acceptors (Lipinski definition) is 10. The molecule has 5 heterocycles. The van der Waals surface area contributed by atoms with Crippen molar-refractivity contribution in [2.24, 2.45) is 5.92 Å². The minimum atomic E-state index is -0.515. The number of carbonyl (C=O) groups is 1. The Morgan fingerprint density at radius 1 is 1.11 bits per heavy atom. The van der Waals surface area contributed by atoms with Crippen molar-refractivity contribution in [1.29, 1.82) is 0 Å². The average molecular weight is 663 g/mol. The molecule has 13 heteroatoms. The molecule has 2 aliphatic heterocycles. The summed E-state index contributed by atoms with van der Waals surface area (Å²) in [7, 11) is 1.68. The summed E-state index contributed by atoms with van der Waals surface area (Å²) in [6, 6.07) is 4.12. The Hall–Kier alpha value is -3.71. The number of amides is 1. The monoisotopic (exact) mass is 662 g/mol. The van der Waals surface area contributed by atoms with E-state index < -0.39 is 5.60 Å². The number of anilines is 1. The van der Waals surface area contributed by atoms with Gasteiger partial charge in [0.25, 0.3) is 0 Å². The summed E-state index contributed by atoms with van der Waals surface area (Å²) in [5, 5.41) is 15.7. The summed E-state index contributed by atoms with van der Waals surface area (Å²) in [5.74, 6) is 1.32. The zero-order valence-electron chi connectivity index (χ0n) is 27.9. The van der Waals surface area contributed by atoms with Gasteiger partial charge in [0.05, 0.1) is 37.6 Å². The minimum absolute atomic E-state index is 0.0734. The Morgan fingerprint density at radius 3 is 2.72 bits per heavy atom. The van der Waals surface area contributed by atoms with Gasteiger partial charge in [-0.3, -0.25) is 0 Å². The zero-order chi connectivity index (χ0) is 32.5. The first-order valence-corrected chi connectivity index (χ1v) is 17.8. The molecule has 252 valence electrons. The first-order valence-electron chi connectivity index (χ1n) is 17.0. The largest absolute Gasteiger partial charge is 0.497 e. The van der Waals surface area contributed by atoms with Gasteiger partial charge in [0.1, 0.15) is 17.0 Å². The van der Waals surface area contributed by atoms with Crippen LogP contribution in [0, 0.1) is 5.92 Å². The van der Waals surface area contributed by atoms with E-state index in [0.29, 0.717) is 12.5 Å². The average Bonchev–Trinajstić information content (AvgIpc) is 3.80. The molecular weight excluding hydrogens is 616 g/mol. The number of ether oxygens (including phenoxy) is 3. The molecule has 12 nitrogen and oxygen atoms in total. The number of benzene rings is 1. The quantitative estimate of drug-likeness (QED) is 0.198. The van der Waals surface area contributed by atoms with Crippen molar-refractivity contribution in [3.63, 3.8) is 0 Å². The van der Waals surface area contributed by atoms with Gasteiger partial charge < -0.3 is 24.0 Å². The van der Waals surface area contributed by atoms with E-state index in [4.69, 9.17) is 24.3 Å². The molecule has 0 spiro atoms. The van der Waals surface area contributed by atoms with Crippen molar-refractivity contribution in [3.05, 3.63) is 35.6 Å². The molecule has 1 saturated carbocycles. The lowest BCUT2D eigenvalue weighted by molar-refractivity contribution is -0.0366. The van der Waals surface area contributed by atoms with Crippen molar-refractivity contribution in [2.45, 2.75) is 96.6 Å². The van der Waals surface area contributed by atoms with Crippen molar-refractivity contribution in [1.82, 2.24) is 34.7 Å². The van der Waals surface area contributed by atoms with Crippen LogP contribution >= 0.6 is 11.3 Å². The summed E-state index contributed by atoms with van der Waals surface area (Å²) in [6.45, 7) is 9.59. The van der Waals surface area contributed by atoms with Crippen molar-refractivity contribution in [2.75, 3.05) is 38.3 Å². The van der Waals surface area contributed by atoms with E-state index in [1.807, 2.05) is 65.8 Å². The highest BCUT2D eigenvalue weighted by atomic mass is 32.1. The molecule has 1 aliphatic carbocycles. The van der Waals surface area contributed by atoms with Gasteiger partial charge in [-0.15, -0.1) is 5.10 Å². The van der Waals surface area contributed by atoms with E-state index in [2.05, 4.69) is 15.2 Å². The number of carbonyl (C=O) groups excluding carboxylic acids is 1. The topological polar surface area (TPSA) is 113 Å². The highest BCUT2D eigenvalue weighted by molar-refractivity contribution is 7.15. The minimum Gasteiger partial charge on any atom is -0.497 e. The Balaban J connectivity index is 1.05. The Bertz CT molecular complexity index is 1680. The molecule has 47 heavy (non-hydrogen) atoms. The number of methoxy groups -OCH3 is 1. The number of nitrogens with zero attached hydrogens (tertiary/aromatic N) is 8. The third-order valence-electron chi connectivity index (χ3n) is 9.44. The van der Waals surface area contributed by atoms with Crippen molar-refractivity contribution in [3.8, 4) is 17.0 Å². The van der Waals surface area contributed by atoms with Gasteiger partial charge in [0, 0.05) is 54.3 Å². The lowest BCUT2D eigenvalue weighted by Crippen LogP contribution is -2.53. The first-order chi connectivity index (χ1) is 22.7. The molecule has 7 rings (SSSR count). The zero-order valence-corrected chi connectivity index (χ0v) is 28.7. The van der Waals surface area contributed by atoms with Gasteiger partial charge in [-0.05, 0) is 77.7 Å². The van der Waals surface area contributed by atoms with Gasteiger partial charge >= 0.3 is 6.09 Å². The third kappa shape index (κ3) is 7.11. The van der Waals surface area contributed by atoms with Gasteiger partial charge in [0.15, 0.2) is 11.4 Å². The summed E-state index contributed by atoms with van der Waals surface area (Å²) < 4.78 is 21.4. The molecular formula is C34H46N8O4S. The van der Waals surface area contributed by atoms with Crippen LogP contribution in [-0.2, 0) is 16.0 Å². The van der Waals surface area contributed by atoms with Gasteiger partial charge in [-0.2, -0.15) is 5.10 Å². The number of thiazole rings is 1. The maximum Gasteiger partial charge on any atom is 0.410 e. The normalized spacial score (nSPS) is 20.7. The van der Waals surface area contributed by atoms with E-state index >= 15 is 0 Å². The Labute approximate surface area is 280 Å². The second-order valence-electron chi connectivity index (χ2n) is 14.1. The van der Waals surface area contributed by atoms with E-state index in [-0.39, 0.29) is 18.4 Å². The maximum absolute atomic E-state index is 13.3. The fourth-order valence-corrected chi connectivity index (χ4v) is 7.74. The summed E-state index contributed by atoms with van der Waals surface area (Å²) >= 11 is 1.67. The summed E-state index contributed by atoms with van der Waals surface area (Å²) in [6.07, 6.45) is 14.3. The predicted molar refractivity (Wildman–Crippen MR) is 181 cm³/mol. The van der Waals surface area contributed by atoms with Crippen LogP contribution in [0.5, 0.6) is 5.75 Å². The molecule has 0 radical (unpaired) electrons. The first kappa shape index (κ1) is 31.9. The lowest BCUT2D eigenvalue weighted by Gasteiger charge is -2.42. The summed E-state index contributed by atoms with van der Waals surface area (Å²) in [5.41, 5.74) is 2.13. The molecule has 4 aromatic rings. The number of piperidine rings is 1. The molecule has 1 aromatic carbocycles. The van der Waals surface area contributed by atoms with Crippen LogP contribution in [0.25, 0.3) is 22.2 Å². The molecule has 3 aromatic heterocycles. The van der Waals surface area contributed by atoms with Crippen LogP contribution in [0.1, 0.15) is 83.2 Å². The fraction of sp³-hybridized carbons (Fsp3) is 0.618. The molecule has 3 fully saturated rings. The Kier molecular flexibility index (Phi) is 9.10. The molecule has 2 atom stereocenters. The van der Waals surface area contributed by atoms with Gasteiger partial charge in [-0.25, -0.2) is 19.1 Å². The van der Waals surface area contributed by atoms with Crippen LogP contribution in [0.3, 0.4) is 0 Å². The molecule has 2 saturated heterocycles. The maximum atomic E-state index is 13.3. The van der Waals surface area contributed by atoms with Crippen LogP contribution in [0.2, 0.25) is 0 Å². The van der Waals surface area contributed by atoms with Crippen LogP contribution in [-0.4, -0.2) is 85.7 Å². The number of hydrogen-bond donors (Lipinski definition) is 0. The lowest BCUT2D eigenvalue weighted by atomic mass is 9.84. The Morgan fingerprint density at radius 2 is 1.98 bits per heavy atom. The predicted octanol–water partition coefficient (Wildman–Crippen LogP) is 6.51. The van der Waals surface area contributed by atoms with Crippen LogP contribution in [0.15, 0.2) is 30.7 Å². The molecule has 0 bridgehead atoms. The second kappa shape index (κ2) is 13.4. The number of fused-ring (bicyclic) bond motifs is 1. The molecule has 1 amide bonds. The van der Waals surface area contributed by atoms with Crippen molar-refractivity contribution < 1.29 is 19.0 Å². The number of rotatable bonds is 9. The third-order valence-corrected chi connectivity index (χ3v) is 10.5.